The molecule has 0 radical (unpaired) electrons. The zero-order valence-electron chi connectivity index (χ0n) is 3.63. The zero-order chi connectivity index (χ0) is 4.50. The van der Waals surface area contributed by atoms with Gasteiger partial charge >= 0.3 is 82.1 Å². The minimum absolute atomic E-state index is 0. The van der Waals surface area contributed by atoms with Crippen LogP contribution in [0.3, 0.4) is 0 Å². The van der Waals surface area contributed by atoms with Crippen molar-refractivity contribution in [3.63, 3.8) is 0 Å². The Labute approximate surface area is 80.5 Å². The van der Waals surface area contributed by atoms with Crippen molar-refractivity contribution in [3.8, 4) is 0 Å². The van der Waals surface area contributed by atoms with Gasteiger partial charge in [0, 0.05) is 0 Å². The molecule has 0 aliphatic carbocycles. The minimum Gasteiger partial charge on any atom is 1.00 e. The maximum absolute atomic E-state index is 9.15. The molecule has 0 aliphatic rings. The first-order chi connectivity index (χ1) is 2.00. The van der Waals surface area contributed by atoms with Crippen LogP contribution in [0.15, 0.2) is 0 Å². The molecule has 0 saturated heterocycles. The molecule has 6 heavy (non-hydrogen) atoms. The third-order valence-corrected chi connectivity index (χ3v) is 0. The summed E-state index contributed by atoms with van der Waals surface area (Å²) in [6.07, 6.45) is 0. The molecule has 0 aromatic heterocycles. The summed E-state index contributed by atoms with van der Waals surface area (Å²) in [5, 5.41) is 0. The van der Waals surface area contributed by atoms with Gasteiger partial charge in [-0.1, -0.05) is 0 Å². The van der Waals surface area contributed by atoms with Gasteiger partial charge in [-0.05, 0) is 0 Å². The smallest absolute Gasteiger partial charge is 1.00 e. The Hall–Kier alpha value is 1.72. The second-order valence-electron chi connectivity index (χ2n) is 0.704. The van der Waals surface area contributed by atoms with Crippen molar-refractivity contribution in [1.82, 2.24) is 0 Å². The standard InChI is InChI=1S/CH4O3Se.K/c1-5(2,3)4;/h1H3,(H,2,3,4);/q;+1/p-1. The average Bonchev–Trinajstić information content (AvgIpc) is 0.722. The Morgan fingerprint density at radius 2 is 1.50 bits per heavy atom. The van der Waals surface area contributed by atoms with Crippen LogP contribution in [0.25, 0.3) is 0 Å². The molecule has 0 amide bonds. The quantitative estimate of drug-likeness (QED) is 0.356. The summed E-state index contributed by atoms with van der Waals surface area (Å²) in [5.74, 6) is 0.677. The van der Waals surface area contributed by atoms with E-state index in [9.17, 15) is 0 Å². The Kier molecular flexibility index (Phi) is 6.54. The molecule has 5 heteroatoms. The molecule has 0 aliphatic heterocycles. The van der Waals surface area contributed by atoms with E-state index in [4.69, 9.17) is 11.9 Å². The van der Waals surface area contributed by atoms with Gasteiger partial charge in [-0.3, -0.25) is 0 Å². The first-order valence-corrected chi connectivity index (χ1v) is 4.72. The number of hydrogen-bond donors (Lipinski definition) is 0. The summed E-state index contributed by atoms with van der Waals surface area (Å²) in [6, 6.07) is 0. The SMILES string of the molecule is C[Se](=O)(=O)[O-].[K+]. The monoisotopic (exact) mass is 182 g/mol. The second-order valence-corrected chi connectivity index (χ2v) is 3.66. The zero-order valence-corrected chi connectivity index (χ0v) is 8.47. The van der Waals surface area contributed by atoms with E-state index in [0.29, 0.717) is 5.82 Å². The molecule has 0 heterocycles. The predicted octanol–water partition coefficient (Wildman–Crippen LogP) is -4.22. The van der Waals surface area contributed by atoms with Crippen LogP contribution >= 0.6 is 0 Å². The van der Waals surface area contributed by atoms with Crippen molar-refractivity contribution in [3.05, 3.63) is 0 Å². The van der Waals surface area contributed by atoms with Gasteiger partial charge in [0.05, 0.1) is 0 Å². The molecule has 0 aromatic rings. The van der Waals surface area contributed by atoms with Crippen LogP contribution in [0.2, 0.25) is 5.82 Å². The maximum atomic E-state index is 9.15. The van der Waals surface area contributed by atoms with E-state index in [0.717, 1.165) is 0 Å². The summed E-state index contributed by atoms with van der Waals surface area (Å²) < 4.78 is 27.4. The van der Waals surface area contributed by atoms with Gasteiger partial charge in [0.15, 0.2) is 0 Å². The summed E-state index contributed by atoms with van der Waals surface area (Å²) in [7, 11) is 0. The fourth-order valence-corrected chi connectivity index (χ4v) is 0. The largest absolute Gasteiger partial charge is 1.00 e. The molecule has 0 N–H and O–H groups in total. The molecule has 0 fully saturated rings. The van der Waals surface area contributed by atoms with Gasteiger partial charge in [-0.25, -0.2) is 0 Å². The van der Waals surface area contributed by atoms with Gasteiger partial charge in [0.1, 0.15) is 0 Å². The molecule has 0 saturated carbocycles. The molecular formula is CH3KO3Se. The van der Waals surface area contributed by atoms with Crippen LogP contribution in [-0.2, 0) is 7.67 Å². The van der Waals surface area contributed by atoms with E-state index in [1.807, 2.05) is 0 Å². The molecular weight excluding hydrogens is 178 g/mol. The molecule has 32 valence electrons. The van der Waals surface area contributed by atoms with E-state index >= 15 is 0 Å². The first kappa shape index (κ1) is 10.7. The van der Waals surface area contributed by atoms with Crippen molar-refractivity contribution in [2.75, 3.05) is 0 Å². The van der Waals surface area contributed by atoms with Crippen molar-refractivity contribution in [1.29, 1.82) is 0 Å². The fourth-order valence-electron chi connectivity index (χ4n) is 0. The van der Waals surface area contributed by atoms with Gasteiger partial charge in [0.25, 0.3) is 0 Å². The second kappa shape index (κ2) is 3.69. The van der Waals surface area contributed by atoms with E-state index < -0.39 is 13.0 Å². The van der Waals surface area contributed by atoms with E-state index in [1.165, 1.54) is 0 Å². The topological polar surface area (TPSA) is 57.2 Å². The third-order valence-electron chi connectivity index (χ3n) is 0. The van der Waals surface area contributed by atoms with Crippen LogP contribution in [0.4, 0.5) is 0 Å². The Morgan fingerprint density at radius 1 is 1.50 bits per heavy atom. The molecule has 0 rings (SSSR count). The first-order valence-electron chi connectivity index (χ1n) is 0.908. The van der Waals surface area contributed by atoms with Gasteiger partial charge in [-0.2, -0.15) is 0 Å². The van der Waals surface area contributed by atoms with Crippen molar-refractivity contribution >= 4 is 13.0 Å². The summed E-state index contributed by atoms with van der Waals surface area (Å²) in [6.45, 7) is 0. The molecule has 0 spiro atoms. The molecule has 0 atom stereocenters. The van der Waals surface area contributed by atoms with Crippen molar-refractivity contribution < 1.29 is 63.2 Å². The van der Waals surface area contributed by atoms with Crippen LogP contribution in [0.1, 0.15) is 0 Å². The maximum Gasteiger partial charge on any atom is 1.00 e. The van der Waals surface area contributed by atoms with Crippen LogP contribution in [-0.4, -0.2) is 13.0 Å². The van der Waals surface area contributed by atoms with Gasteiger partial charge in [0.2, 0.25) is 0 Å². The van der Waals surface area contributed by atoms with Gasteiger partial charge < -0.3 is 0 Å². The minimum atomic E-state index is -4.50. The van der Waals surface area contributed by atoms with Crippen LogP contribution < -0.4 is 55.6 Å². The predicted molar refractivity (Wildman–Crippen MR) is 13.0 cm³/mol. The third kappa shape index (κ3) is 43.2. The van der Waals surface area contributed by atoms with Crippen molar-refractivity contribution in [2.45, 2.75) is 5.82 Å². The number of rotatable bonds is 0. The molecule has 0 bridgehead atoms. The summed E-state index contributed by atoms with van der Waals surface area (Å²) in [5.41, 5.74) is 0. The Morgan fingerprint density at radius 3 is 1.50 bits per heavy atom. The Bertz CT molecular complexity index is 94.0. The summed E-state index contributed by atoms with van der Waals surface area (Å²) in [4.78, 5) is 0. The molecule has 0 unspecified atom stereocenters. The van der Waals surface area contributed by atoms with Crippen LogP contribution in [0, 0.1) is 0 Å². The normalized spacial score (nSPS) is 9.67. The van der Waals surface area contributed by atoms with E-state index in [-0.39, 0.29) is 51.4 Å². The van der Waals surface area contributed by atoms with Gasteiger partial charge in [-0.15, -0.1) is 0 Å². The summed E-state index contributed by atoms with van der Waals surface area (Å²) >= 11 is -4.50. The van der Waals surface area contributed by atoms with E-state index in [1.54, 1.807) is 0 Å². The fraction of sp³-hybridized carbons (Fsp3) is 1.00. The molecule has 3 nitrogen and oxygen atoms in total. The number of hydrogen-bond acceptors (Lipinski definition) is 3. The van der Waals surface area contributed by atoms with E-state index in [2.05, 4.69) is 0 Å². The van der Waals surface area contributed by atoms with Crippen molar-refractivity contribution in [2.24, 2.45) is 0 Å². The Balaban J connectivity index is 0. The van der Waals surface area contributed by atoms with Crippen LogP contribution in [0.5, 0.6) is 0 Å². The molecule has 0 aromatic carbocycles. The average molecular weight is 181 g/mol.